The molecule has 0 radical (unpaired) electrons. The molecule has 90 valence electrons. The molecule has 1 N–H and O–H groups in total. The first-order valence-corrected chi connectivity index (χ1v) is 5.76. The highest BCUT2D eigenvalue weighted by atomic mass is 16.3. The lowest BCUT2D eigenvalue weighted by molar-refractivity contribution is 0.0298. The van der Waals surface area contributed by atoms with E-state index < -0.39 is 5.60 Å². The normalized spacial score (nSPS) is 14.5. The van der Waals surface area contributed by atoms with E-state index in [1.165, 1.54) is 6.33 Å². The van der Waals surface area contributed by atoms with Crippen LogP contribution >= 0.6 is 0 Å². The Hall–Kier alpha value is -1.68. The van der Waals surface area contributed by atoms with E-state index in [0.29, 0.717) is 12.8 Å². The molecule has 0 fully saturated rings. The van der Waals surface area contributed by atoms with E-state index in [9.17, 15) is 5.11 Å². The molecule has 17 heavy (non-hydrogen) atoms. The standard InChI is InChI=1S/C13H17N3O/c1-3-13(17,11-7-5-4-6-8-11)9-12-14-10-15-16(12)2/h4-8,10,17H,3,9H2,1-2H3. The van der Waals surface area contributed by atoms with E-state index in [1.54, 1.807) is 4.68 Å². The second kappa shape index (κ2) is 4.67. The number of aryl methyl sites for hydroxylation is 1. The van der Waals surface area contributed by atoms with Crippen LogP contribution < -0.4 is 0 Å². The average Bonchev–Trinajstić information content (AvgIpc) is 2.76. The first-order chi connectivity index (χ1) is 8.15. The lowest BCUT2D eigenvalue weighted by Crippen LogP contribution is -2.29. The number of rotatable bonds is 4. The molecule has 0 aliphatic heterocycles. The second-order valence-corrected chi connectivity index (χ2v) is 4.23. The van der Waals surface area contributed by atoms with Gasteiger partial charge in [-0.2, -0.15) is 5.10 Å². The summed E-state index contributed by atoms with van der Waals surface area (Å²) in [5, 5.41) is 14.7. The monoisotopic (exact) mass is 231 g/mol. The number of aromatic nitrogens is 3. The Morgan fingerprint density at radius 3 is 2.53 bits per heavy atom. The summed E-state index contributed by atoms with van der Waals surface area (Å²) >= 11 is 0. The number of hydrogen-bond donors (Lipinski definition) is 1. The molecule has 0 aliphatic carbocycles. The maximum atomic E-state index is 10.7. The molecule has 2 aromatic rings. The Morgan fingerprint density at radius 2 is 2.00 bits per heavy atom. The van der Waals surface area contributed by atoms with Crippen molar-refractivity contribution >= 4 is 0 Å². The summed E-state index contributed by atoms with van der Waals surface area (Å²) in [6.07, 6.45) is 2.63. The smallest absolute Gasteiger partial charge is 0.138 e. The van der Waals surface area contributed by atoms with Gasteiger partial charge >= 0.3 is 0 Å². The lowest BCUT2D eigenvalue weighted by Gasteiger charge is -2.26. The van der Waals surface area contributed by atoms with Crippen LogP contribution in [0.1, 0.15) is 24.7 Å². The molecule has 1 aromatic heterocycles. The third kappa shape index (κ3) is 2.36. The molecule has 0 saturated carbocycles. The summed E-state index contributed by atoms with van der Waals surface area (Å²) in [6.45, 7) is 1.98. The molecule has 1 aromatic carbocycles. The van der Waals surface area contributed by atoms with E-state index in [1.807, 2.05) is 44.3 Å². The van der Waals surface area contributed by atoms with Crippen LogP contribution in [0.3, 0.4) is 0 Å². The minimum Gasteiger partial charge on any atom is -0.385 e. The zero-order valence-corrected chi connectivity index (χ0v) is 10.2. The van der Waals surface area contributed by atoms with Gasteiger partial charge in [-0.15, -0.1) is 0 Å². The third-order valence-corrected chi connectivity index (χ3v) is 3.15. The fraction of sp³-hybridized carbons (Fsp3) is 0.385. The lowest BCUT2D eigenvalue weighted by atomic mass is 9.88. The highest BCUT2D eigenvalue weighted by molar-refractivity contribution is 5.23. The predicted octanol–water partition coefficient (Wildman–Crippen LogP) is 1.66. The van der Waals surface area contributed by atoms with Gasteiger partial charge in [-0.1, -0.05) is 37.3 Å². The largest absolute Gasteiger partial charge is 0.385 e. The fourth-order valence-electron chi connectivity index (χ4n) is 1.92. The average molecular weight is 231 g/mol. The van der Waals surface area contributed by atoms with E-state index in [0.717, 1.165) is 11.4 Å². The van der Waals surface area contributed by atoms with Crippen LogP contribution in [0.15, 0.2) is 36.7 Å². The van der Waals surface area contributed by atoms with Crippen molar-refractivity contribution in [1.82, 2.24) is 14.8 Å². The molecule has 4 nitrogen and oxygen atoms in total. The van der Waals surface area contributed by atoms with Gasteiger partial charge in [-0.05, 0) is 12.0 Å². The quantitative estimate of drug-likeness (QED) is 0.870. The molecule has 0 saturated heterocycles. The van der Waals surface area contributed by atoms with Gasteiger partial charge in [0.25, 0.3) is 0 Å². The van der Waals surface area contributed by atoms with Crippen molar-refractivity contribution in [2.24, 2.45) is 7.05 Å². The van der Waals surface area contributed by atoms with Crippen molar-refractivity contribution in [3.63, 3.8) is 0 Å². The van der Waals surface area contributed by atoms with Crippen molar-refractivity contribution in [3.8, 4) is 0 Å². The van der Waals surface area contributed by atoms with Gasteiger partial charge in [0.05, 0.1) is 5.60 Å². The molecule has 2 rings (SSSR count). The number of hydrogen-bond acceptors (Lipinski definition) is 3. The number of benzene rings is 1. The Balaban J connectivity index is 2.30. The first kappa shape index (κ1) is 11.8. The Kier molecular flexibility index (Phi) is 3.24. The Bertz CT molecular complexity index is 480. The van der Waals surface area contributed by atoms with Gasteiger partial charge in [0.1, 0.15) is 12.2 Å². The molecule has 0 aliphatic rings. The van der Waals surface area contributed by atoms with Crippen LogP contribution in [-0.2, 0) is 19.1 Å². The van der Waals surface area contributed by atoms with Crippen LogP contribution in [-0.4, -0.2) is 19.9 Å². The summed E-state index contributed by atoms with van der Waals surface area (Å²) in [6, 6.07) is 9.71. The molecular weight excluding hydrogens is 214 g/mol. The molecule has 1 atom stereocenters. The highest BCUT2D eigenvalue weighted by Gasteiger charge is 2.29. The van der Waals surface area contributed by atoms with Gasteiger partial charge in [-0.3, -0.25) is 4.68 Å². The summed E-state index contributed by atoms with van der Waals surface area (Å²) in [5.74, 6) is 0.790. The number of aliphatic hydroxyl groups is 1. The van der Waals surface area contributed by atoms with Crippen LogP contribution in [0.2, 0.25) is 0 Å². The Morgan fingerprint density at radius 1 is 1.29 bits per heavy atom. The van der Waals surface area contributed by atoms with Gasteiger partial charge in [0.2, 0.25) is 0 Å². The fourth-order valence-corrected chi connectivity index (χ4v) is 1.92. The number of nitrogens with zero attached hydrogens (tertiary/aromatic N) is 3. The van der Waals surface area contributed by atoms with Gasteiger partial charge in [-0.25, -0.2) is 4.98 Å². The van der Waals surface area contributed by atoms with Crippen molar-refractivity contribution in [2.75, 3.05) is 0 Å². The zero-order chi connectivity index (χ0) is 12.3. The molecule has 0 amide bonds. The van der Waals surface area contributed by atoms with Crippen molar-refractivity contribution in [3.05, 3.63) is 48.0 Å². The van der Waals surface area contributed by atoms with Crippen LogP contribution in [0.4, 0.5) is 0 Å². The molecule has 4 heteroatoms. The van der Waals surface area contributed by atoms with E-state index in [2.05, 4.69) is 10.1 Å². The summed E-state index contributed by atoms with van der Waals surface area (Å²) < 4.78 is 1.70. The minimum absolute atomic E-state index is 0.476. The predicted molar refractivity (Wildman–Crippen MR) is 65.3 cm³/mol. The highest BCUT2D eigenvalue weighted by Crippen LogP contribution is 2.28. The molecule has 1 heterocycles. The van der Waals surface area contributed by atoms with E-state index in [4.69, 9.17) is 0 Å². The maximum Gasteiger partial charge on any atom is 0.138 e. The first-order valence-electron chi connectivity index (χ1n) is 5.76. The molecular formula is C13H17N3O. The maximum absolute atomic E-state index is 10.7. The topological polar surface area (TPSA) is 50.9 Å². The molecule has 0 bridgehead atoms. The molecule has 0 spiro atoms. The van der Waals surface area contributed by atoms with E-state index in [-0.39, 0.29) is 0 Å². The molecule has 1 unspecified atom stereocenters. The van der Waals surface area contributed by atoms with Crippen molar-refractivity contribution in [1.29, 1.82) is 0 Å². The minimum atomic E-state index is -0.873. The summed E-state index contributed by atoms with van der Waals surface area (Å²) in [7, 11) is 1.84. The van der Waals surface area contributed by atoms with Gasteiger partial charge < -0.3 is 5.11 Å². The zero-order valence-electron chi connectivity index (χ0n) is 10.2. The van der Waals surface area contributed by atoms with Crippen LogP contribution in [0, 0.1) is 0 Å². The van der Waals surface area contributed by atoms with Gasteiger partial charge in [0.15, 0.2) is 0 Å². The van der Waals surface area contributed by atoms with Crippen molar-refractivity contribution in [2.45, 2.75) is 25.4 Å². The Labute approximate surface area is 101 Å². The third-order valence-electron chi connectivity index (χ3n) is 3.15. The van der Waals surface area contributed by atoms with Gasteiger partial charge in [0, 0.05) is 13.5 Å². The van der Waals surface area contributed by atoms with Crippen LogP contribution in [0.25, 0.3) is 0 Å². The van der Waals surface area contributed by atoms with Crippen LogP contribution in [0.5, 0.6) is 0 Å². The summed E-state index contributed by atoms with van der Waals surface area (Å²) in [5.41, 5.74) is 0.0488. The van der Waals surface area contributed by atoms with Crippen molar-refractivity contribution < 1.29 is 5.11 Å². The SMILES string of the molecule is CCC(O)(Cc1ncnn1C)c1ccccc1. The summed E-state index contributed by atoms with van der Waals surface area (Å²) in [4.78, 5) is 4.17. The van der Waals surface area contributed by atoms with E-state index >= 15 is 0 Å². The second-order valence-electron chi connectivity index (χ2n) is 4.23.